The Kier molecular flexibility index (Phi) is 3.19. The van der Waals surface area contributed by atoms with E-state index in [-0.39, 0.29) is 18.4 Å². The maximum atomic E-state index is 12.0. The molecule has 2 amide bonds. The van der Waals surface area contributed by atoms with Gasteiger partial charge in [-0.15, -0.1) is 0 Å². The van der Waals surface area contributed by atoms with Crippen LogP contribution in [-0.2, 0) is 9.59 Å². The van der Waals surface area contributed by atoms with Crippen LogP contribution in [0.5, 0.6) is 0 Å². The predicted octanol–water partition coefficient (Wildman–Crippen LogP) is 1.61. The number of halogens is 1. The minimum atomic E-state index is -0.458. The molecule has 5 heteroatoms. The predicted molar refractivity (Wildman–Crippen MR) is 68.8 cm³/mol. The van der Waals surface area contributed by atoms with Gasteiger partial charge >= 0.3 is 0 Å². The molecule has 90 valence electrons. The summed E-state index contributed by atoms with van der Waals surface area (Å²) in [6.07, 6.45) is 0. The van der Waals surface area contributed by atoms with E-state index in [9.17, 15) is 9.59 Å². The summed E-state index contributed by atoms with van der Waals surface area (Å²) in [5.74, 6) is -0.205. The van der Waals surface area contributed by atoms with Crippen LogP contribution in [0.15, 0.2) is 22.7 Å². The standard InChI is InChI=1S/C12H13BrN2O2/c1-7-5-9(3-4-10(7)13)15-6-11(16)14-8(2)12(15)17/h3-5,8H,6H2,1-2H3,(H,14,16). The Hall–Kier alpha value is -1.36. The third-order valence-corrected chi connectivity index (χ3v) is 3.66. The van der Waals surface area contributed by atoms with Crippen LogP contribution in [0.4, 0.5) is 5.69 Å². The van der Waals surface area contributed by atoms with Gasteiger partial charge in [-0.05, 0) is 37.6 Å². The van der Waals surface area contributed by atoms with Crippen LogP contribution in [0, 0.1) is 6.92 Å². The fraction of sp³-hybridized carbons (Fsp3) is 0.333. The second-order valence-corrected chi connectivity index (χ2v) is 5.00. The van der Waals surface area contributed by atoms with Crippen LogP contribution < -0.4 is 10.2 Å². The van der Waals surface area contributed by atoms with Crippen molar-refractivity contribution >= 4 is 33.4 Å². The van der Waals surface area contributed by atoms with Crippen LogP contribution in [0.3, 0.4) is 0 Å². The van der Waals surface area contributed by atoms with Crippen molar-refractivity contribution in [1.82, 2.24) is 5.32 Å². The second-order valence-electron chi connectivity index (χ2n) is 4.15. The maximum absolute atomic E-state index is 12.0. The van der Waals surface area contributed by atoms with E-state index in [4.69, 9.17) is 0 Å². The van der Waals surface area contributed by atoms with Crippen LogP contribution in [0.25, 0.3) is 0 Å². The van der Waals surface area contributed by atoms with Crippen molar-refractivity contribution in [3.8, 4) is 0 Å². The highest BCUT2D eigenvalue weighted by Gasteiger charge is 2.30. The molecule has 1 aromatic carbocycles. The molecule has 2 rings (SSSR count). The van der Waals surface area contributed by atoms with E-state index in [2.05, 4.69) is 21.2 Å². The number of hydrogen-bond acceptors (Lipinski definition) is 2. The average Bonchev–Trinajstić information content (AvgIpc) is 2.27. The lowest BCUT2D eigenvalue weighted by Crippen LogP contribution is -2.57. The lowest BCUT2D eigenvalue weighted by Gasteiger charge is -2.31. The Labute approximate surface area is 108 Å². The van der Waals surface area contributed by atoms with E-state index in [1.54, 1.807) is 6.92 Å². The first kappa shape index (κ1) is 12.1. The van der Waals surface area contributed by atoms with E-state index in [0.717, 1.165) is 15.7 Å². The Morgan fingerprint density at radius 1 is 1.41 bits per heavy atom. The summed E-state index contributed by atoms with van der Waals surface area (Å²) in [4.78, 5) is 24.9. The molecule has 4 nitrogen and oxygen atoms in total. The fourth-order valence-electron chi connectivity index (χ4n) is 1.82. The summed E-state index contributed by atoms with van der Waals surface area (Å²) in [5.41, 5.74) is 1.80. The van der Waals surface area contributed by atoms with Crippen molar-refractivity contribution in [3.63, 3.8) is 0 Å². The Balaban J connectivity index is 2.34. The first-order valence-electron chi connectivity index (χ1n) is 5.36. The molecule has 17 heavy (non-hydrogen) atoms. The number of nitrogens with one attached hydrogen (secondary N) is 1. The topological polar surface area (TPSA) is 49.4 Å². The highest BCUT2D eigenvalue weighted by molar-refractivity contribution is 9.10. The second kappa shape index (κ2) is 4.49. The first-order valence-corrected chi connectivity index (χ1v) is 6.15. The fourth-order valence-corrected chi connectivity index (χ4v) is 2.07. The molecule has 1 atom stereocenters. The molecule has 1 unspecified atom stereocenters. The largest absolute Gasteiger partial charge is 0.343 e. The Bertz CT molecular complexity index is 487. The molecule has 0 spiro atoms. The lowest BCUT2D eigenvalue weighted by molar-refractivity contribution is -0.130. The number of piperazine rings is 1. The molecular weight excluding hydrogens is 284 g/mol. The Morgan fingerprint density at radius 2 is 2.12 bits per heavy atom. The molecule has 1 aliphatic rings. The van der Waals surface area contributed by atoms with Gasteiger partial charge in [-0.25, -0.2) is 0 Å². The molecule has 1 heterocycles. The van der Waals surface area contributed by atoms with Gasteiger partial charge in [0.05, 0.1) is 0 Å². The number of amides is 2. The molecule has 1 aliphatic heterocycles. The summed E-state index contributed by atoms with van der Waals surface area (Å²) in [7, 11) is 0. The van der Waals surface area contributed by atoms with E-state index in [0.29, 0.717) is 0 Å². The van der Waals surface area contributed by atoms with Gasteiger partial charge in [0.2, 0.25) is 11.8 Å². The molecule has 1 aromatic rings. The van der Waals surface area contributed by atoms with E-state index in [1.807, 2.05) is 25.1 Å². The Morgan fingerprint density at radius 3 is 2.76 bits per heavy atom. The number of carbonyl (C=O) groups is 2. The van der Waals surface area contributed by atoms with Crippen molar-refractivity contribution in [3.05, 3.63) is 28.2 Å². The van der Waals surface area contributed by atoms with Gasteiger partial charge in [-0.2, -0.15) is 0 Å². The van der Waals surface area contributed by atoms with Gasteiger partial charge in [0.1, 0.15) is 12.6 Å². The third kappa shape index (κ3) is 2.34. The molecule has 1 saturated heterocycles. The van der Waals surface area contributed by atoms with Gasteiger partial charge < -0.3 is 10.2 Å². The maximum Gasteiger partial charge on any atom is 0.249 e. The van der Waals surface area contributed by atoms with Crippen LogP contribution in [0.2, 0.25) is 0 Å². The van der Waals surface area contributed by atoms with Crippen LogP contribution >= 0.6 is 15.9 Å². The number of carbonyl (C=O) groups excluding carboxylic acids is 2. The number of hydrogen-bond donors (Lipinski definition) is 1. The van der Waals surface area contributed by atoms with Crippen LogP contribution in [-0.4, -0.2) is 24.4 Å². The first-order chi connectivity index (χ1) is 7.99. The minimum absolute atomic E-state index is 0.0775. The number of anilines is 1. The van der Waals surface area contributed by atoms with Gasteiger partial charge in [-0.1, -0.05) is 15.9 Å². The summed E-state index contributed by atoms with van der Waals surface area (Å²) in [6, 6.07) is 5.16. The zero-order valence-electron chi connectivity index (χ0n) is 9.66. The van der Waals surface area contributed by atoms with Crippen molar-refractivity contribution in [2.24, 2.45) is 0 Å². The molecule has 0 saturated carbocycles. The molecule has 0 aromatic heterocycles. The molecular formula is C12H13BrN2O2. The van der Waals surface area contributed by atoms with Gasteiger partial charge in [-0.3, -0.25) is 9.59 Å². The summed E-state index contributed by atoms with van der Waals surface area (Å²) in [5, 5.41) is 2.62. The van der Waals surface area contributed by atoms with Crippen LogP contribution in [0.1, 0.15) is 12.5 Å². The summed E-state index contributed by atoms with van der Waals surface area (Å²) < 4.78 is 0.989. The zero-order chi connectivity index (χ0) is 12.6. The van der Waals surface area contributed by atoms with Crippen molar-refractivity contribution in [2.45, 2.75) is 19.9 Å². The van der Waals surface area contributed by atoms with Gasteiger partial charge in [0.15, 0.2) is 0 Å². The molecule has 0 radical (unpaired) electrons. The normalized spacial score (nSPS) is 20.4. The zero-order valence-corrected chi connectivity index (χ0v) is 11.2. The molecule has 0 bridgehead atoms. The quantitative estimate of drug-likeness (QED) is 0.856. The monoisotopic (exact) mass is 296 g/mol. The van der Waals surface area contributed by atoms with Crippen molar-refractivity contribution in [1.29, 1.82) is 0 Å². The highest BCUT2D eigenvalue weighted by atomic mass is 79.9. The summed E-state index contributed by atoms with van der Waals surface area (Å²) in [6.45, 7) is 3.73. The summed E-state index contributed by atoms with van der Waals surface area (Å²) >= 11 is 3.41. The van der Waals surface area contributed by atoms with Gasteiger partial charge in [0.25, 0.3) is 0 Å². The number of aryl methyl sites for hydroxylation is 1. The molecule has 1 N–H and O–H groups in total. The van der Waals surface area contributed by atoms with Crippen molar-refractivity contribution in [2.75, 3.05) is 11.4 Å². The third-order valence-electron chi connectivity index (χ3n) is 2.77. The number of benzene rings is 1. The highest BCUT2D eigenvalue weighted by Crippen LogP contribution is 2.24. The lowest BCUT2D eigenvalue weighted by atomic mass is 10.1. The van der Waals surface area contributed by atoms with E-state index < -0.39 is 6.04 Å². The number of nitrogens with zero attached hydrogens (tertiary/aromatic N) is 1. The SMILES string of the molecule is Cc1cc(N2CC(=O)NC(C)C2=O)ccc1Br. The molecule has 0 aliphatic carbocycles. The number of rotatable bonds is 1. The molecule has 1 fully saturated rings. The van der Waals surface area contributed by atoms with Gasteiger partial charge in [0, 0.05) is 10.2 Å². The van der Waals surface area contributed by atoms with Crippen molar-refractivity contribution < 1.29 is 9.59 Å². The smallest absolute Gasteiger partial charge is 0.249 e. The van der Waals surface area contributed by atoms with E-state index >= 15 is 0 Å². The minimum Gasteiger partial charge on any atom is -0.343 e. The average molecular weight is 297 g/mol. The van der Waals surface area contributed by atoms with E-state index in [1.165, 1.54) is 4.90 Å².